The lowest BCUT2D eigenvalue weighted by Crippen LogP contribution is -2.32. The first kappa shape index (κ1) is 12.1. The van der Waals surface area contributed by atoms with Gasteiger partial charge < -0.3 is 9.80 Å². The molecule has 18 heavy (non-hydrogen) atoms. The molecule has 0 N–H and O–H groups in total. The summed E-state index contributed by atoms with van der Waals surface area (Å²) in [5, 5.41) is 0. The summed E-state index contributed by atoms with van der Waals surface area (Å²) in [6, 6.07) is 0. The van der Waals surface area contributed by atoms with E-state index in [0.29, 0.717) is 0 Å². The van der Waals surface area contributed by atoms with Gasteiger partial charge in [-0.25, -0.2) is 0 Å². The van der Waals surface area contributed by atoms with E-state index in [2.05, 4.69) is 55.7 Å². The van der Waals surface area contributed by atoms with E-state index in [9.17, 15) is 0 Å². The molecule has 0 radical (unpaired) electrons. The summed E-state index contributed by atoms with van der Waals surface area (Å²) in [4.78, 5) is 4.68. The first-order chi connectivity index (χ1) is 8.58. The van der Waals surface area contributed by atoms with Gasteiger partial charge in [0.1, 0.15) is 0 Å². The standard InChI is InChI=1S/C16H24N2/c1-11-9-14(18(4)8-7-17(2)3)16-13-6-5-12(10-13)15(11)16/h5-6,12-13,15-16H,7-8,10H2,1-4H3. The van der Waals surface area contributed by atoms with Gasteiger partial charge in [0.05, 0.1) is 5.70 Å². The molecule has 0 aromatic rings. The number of likely N-dealkylation sites (N-methyl/N-ethyl adjacent to an activating group) is 2. The van der Waals surface area contributed by atoms with E-state index in [1.807, 2.05) is 0 Å². The zero-order chi connectivity index (χ0) is 12.9. The first-order valence-corrected chi connectivity index (χ1v) is 7.09. The molecule has 1 fully saturated rings. The van der Waals surface area contributed by atoms with Crippen LogP contribution in [-0.4, -0.2) is 44.0 Å². The highest BCUT2D eigenvalue weighted by Gasteiger charge is 2.49. The van der Waals surface area contributed by atoms with Gasteiger partial charge in [0.25, 0.3) is 0 Å². The Bertz CT molecular complexity index is 440. The minimum Gasteiger partial charge on any atom is -0.370 e. The van der Waals surface area contributed by atoms with Gasteiger partial charge in [-0.3, -0.25) is 0 Å². The van der Waals surface area contributed by atoms with Crippen LogP contribution in [0.15, 0.2) is 29.2 Å². The van der Waals surface area contributed by atoms with Gasteiger partial charge in [-0.05, 0) is 44.8 Å². The highest BCUT2D eigenvalue weighted by atomic mass is 15.2. The molecular formula is C16H24N2. The molecule has 3 rings (SSSR count). The van der Waals surface area contributed by atoms with Crippen LogP contribution in [0.2, 0.25) is 0 Å². The quantitative estimate of drug-likeness (QED) is 0.553. The predicted molar refractivity (Wildman–Crippen MR) is 75.1 cm³/mol. The number of hydrogen-bond acceptors (Lipinski definition) is 2. The summed E-state index contributed by atoms with van der Waals surface area (Å²) >= 11 is 0. The van der Waals surface area contributed by atoms with Crippen molar-refractivity contribution in [2.45, 2.75) is 13.3 Å². The maximum absolute atomic E-state index is 3.68. The van der Waals surface area contributed by atoms with Crippen LogP contribution in [0, 0.1) is 23.7 Å². The largest absolute Gasteiger partial charge is 0.370 e. The first-order valence-electron chi connectivity index (χ1n) is 7.09. The summed E-state index contributed by atoms with van der Waals surface area (Å²) in [7, 11) is 6.51. The third-order valence-corrected chi connectivity index (χ3v) is 4.89. The van der Waals surface area contributed by atoms with Gasteiger partial charge in [-0.1, -0.05) is 12.2 Å². The normalized spacial score (nSPS) is 36.1. The van der Waals surface area contributed by atoms with Crippen molar-refractivity contribution >= 4 is 0 Å². The lowest BCUT2D eigenvalue weighted by molar-refractivity contribution is 0.278. The minimum absolute atomic E-state index is 0.729. The van der Waals surface area contributed by atoms with Gasteiger partial charge in [0.2, 0.25) is 0 Å². The highest BCUT2D eigenvalue weighted by molar-refractivity contribution is 5.34. The van der Waals surface area contributed by atoms with E-state index in [4.69, 9.17) is 0 Å². The van der Waals surface area contributed by atoms with Gasteiger partial charge in [0, 0.05) is 32.0 Å². The zero-order valence-electron chi connectivity index (χ0n) is 12.0. The summed E-state index contributed by atoms with van der Waals surface area (Å²) in [5.74, 6) is 3.07. The van der Waals surface area contributed by atoms with Crippen LogP contribution >= 0.6 is 0 Å². The molecule has 0 aliphatic heterocycles. The van der Waals surface area contributed by atoms with Crippen molar-refractivity contribution in [2.24, 2.45) is 23.7 Å². The van der Waals surface area contributed by atoms with Crippen LogP contribution in [0.25, 0.3) is 0 Å². The van der Waals surface area contributed by atoms with Gasteiger partial charge in [-0.15, -0.1) is 5.73 Å². The number of rotatable bonds is 4. The molecule has 0 amide bonds. The van der Waals surface area contributed by atoms with Crippen molar-refractivity contribution in [3.63, 3.8) is 0 Å². The van der Waals surface area contributed by atoms with Crippen LogP contribution in [0.1, 0.15) is 13.3 Å². The Morgan fingerprint density at radius 3 is 2.44 bits per heavy atom. The monoisotopic (exact) mass is 244 g/mol. The van der Waals surface area contributed by atoms with E-state index in [1.54, 1.807) is 0 Å². The molecule has 0 saturated heterocycles. The van der Waals surface area contributed by atoms with Gasteiger partial charge >= 0.3 is 0 Å². The van der Waals surface area contributed by atoms with E-state index >= 15 is 0 Å². The zero-order valence-corrected chi connectivity index (χ0v) is 12.0. The van der Waals surface area contributed by atoms with Crippen molar-refractivity contribution in [3.05, 3.63) is 29.2 Å². The molecule has 4 unspecified atom stereocenters. The van der Waals surface area contributed by atoms with Gasteiger partial charge in [0.15, 0.2) is 0 Å². The third kappa shape index (κ3) is 1.75. The summed E-state index contributed by atoms with van der Waals surface area (Å²) < 4.78 is 0. The molecule has 0 heterocycles. The van der Waals surface area contributed by atoms with E-state index < -0.39 is 0 Å². The Labute approximate surface area is 111 Å². The molecule has 2 bridgehead atoms. The number of nitrogens with zero attached hydrogens (tertiary/aromatic N) is 2. The lowest BCUT2D eigenvalue weighted by Gasteiger charge is -2.30. The second-order valence-electron chi connectivity index (χ2n) is 6.42. The Balaban J connectivity index is 1.76. The van der Waals surface area contributed by atoms with Crippen molar-refractivity contribution in [1.82, 2.24) is 9.80 Å². The van der Waals surface area contributed by atoms with Crippen LogP contribution in [0.4, 0.5) is 0 Å². The Morgan fingerprint density at radius 1 is 1.11 bits per heavy atom. The Morgan fingerprint density at radius 2 is 1.78 bits per heavy atom. The summed E-state index contributed by atoms with van der Waals surface area (Å²) in [5.41, 5.74) is 6.64. The van der Waals surface area contributed by atoms with Crippen molar-refractivity contribution in [3.8, 4) is 0 Å². The minimum atomic E-state index is 0.729. The second kappa shape index (κ2) is 4.29. The molecule has 0 aromatic heterocycles. The molecule has 3 aliphatic rings. The fourth-order valence-electron chi connectivity index (χ4n) is 3.97. The maximum Gasteiger partial charge on any atom is 0.0605 e. The fraction of sp³-hybridized carbons (Fsp3) is 0.688. The summed E-state index contributed by atoms with van der Waals surface area (Å²) in [6.45, 7) is 4.49. The number of hydrogen-bond donors (Lipinski definition) is 0. The average molecular weight is 244 g/mol. The average Bonchev–Trinajstić information content (AvgIpc) is 2.98. The predicted octanol–water partition coefficient (Wildman–Crippen LogP) is 2.36. The second-order valence-corrected chi connectivity index (χ2v) is 6.42. The number of allylic oxidation sites excluding steroid dienone is 3. The molecular weight excluding hydrogens is 220 g/mol. The topological polar surface area (TPSA) is 6.48 Å². The number of fused-ring (bicyclic) bond motifs is 5. The molecule has 98 valence electrons. The fourth-order valence-corrected chi connectivity index (χ4v) is 3.97. The van der Waals surface area contributed by atoms with Crippen LogP contribution in [-0.2, 0) is 0 Å². The lowest BCUT2D eigenvalue weighted by atomic mass is 9.81. The summed E-state index contributed by atoms with van der Waals surface area (Å²) in [6.07, 6.45) is 6.27. The molecule has 3 aliphatic carbocycles. The molecule has 4 atom stereocenters. The van der Waals surface area contributed by atoms with Gasteiger partial charge in [-0.2, -0.15) is 0 Å². The van der Waals surface area contributed by atoms with E-state index in [1.165, 1.54) is 17.7 Å². The van der Waals surface area contributed by atoms with Crippen LogP contribution < -0.4 is 0 Å². The van der Waals surface area contributed by atoms with Crippen molar-refractivity contribution < 1.29 is 0 Å². The Hall–Kier alpha value is -0.980. The molecule has 0 spiro atoms. The maximum atomic E-state index is 3.68. The van der Waals surface area contributed by atoms with E-state index in [-0.39, 0.29) is 0 Å². The smallest absolute Gasteiger partial charge is 0.0605 e. The molecule has 2 nitrogen and oxygen atoms in total. The molecule has 0 aromatic carbocycles. The SMILES string of the molecule is CC1=C=C(N(C)CCN(C)C)C2C3C=CC(C3)C12. The highest BCUT2D eigenvalue weighted by Crippen LogP contribution is 2.56. The van der Waals surface area contributed by atoms with Crippen LogP contribution in [0.3, 0.4) is 0 Å². The van der Waals surface area contributed by atoms with Crippen molar-refractivity contribution in [1.29, 1.82) is 0 Å². The molecule has 2 heteroatoms. The Kier molecular flexibility index (Phi) is 2.88. The molecule has 1 saturated carbocycles. The third-order valence-electron chi connectivity index (χ3n) is 4.89. The van der Waals surface area contributed by atoms with E-state index in [0.717, 1.165) is 36.8 Å². The van der Waals surface area contributed by atoms with Crippen LogP contribution in [0.5, 0.6) is 0 Å². The van der Waals surface area contributed by atoms with Crippen molar-refractivity contribution in [2.75, 3.05) is 34.2 Å².